The Hall–Kier alpha value is -1.46. The third-order valence-electron chi connectivity index (χ3n) is 3.57. The van der Waals surface area contributed by atoms with Crippen LogP contribution in [-0.2, 0) is 0 Å². The van der Waals surface area contributed by atoms with Gasteiger partial charge in [-0.05, 0) is 38.5 Å². The van der Waals surface area contributed by atoms with Crippen LogP contribution in [0.2, 0.25) is 0 Å². The highest BCUT2D eigenvalue weighted by molar-refractivity contribution is 5.95. The zero-order valence-corrected chi connectivity index (χ0v) is 15.3. The normalized spacial score (nSPS) is 11.3. The number of nitrogens with zero attached hydrogens (tertiary/aromatic N) is 1. The first kappa shape index (κ1) is 21.5. The van der Waals surface area contributed by atoms with Gasteiger partial charge >= 0.3 is 0 Å². The Kier molecular flexibility index (Phi) is 10.4. The van der Waals surface area contributed by atoms with Crippen LogP contribution in [0.5, 0.6) is 11.5 Å². The Morgan fingerprint density at radius 3 is 2.52 bits per heavy atom. The van der Waals surface area contributed by atoms with Gasteiger partial charge in [0.15, 0.2) is 11.5 Å². The van der Waals surface area contributed by atoms with Crippen molar-refractivity contribution in [1.82, 2.24) is 4.90 Å². The molecule has 0 saturated carbocycles. The molecule has 1 rings (SSSR count). The average Bonchev–Trinajstić information content (AvgIpc) is 2.54. The van der Waals surface area contributed by atoms with Crippen LogP contribution in [0.15, 0.2) is 18.2 Å². The highest BCUT2D eigenvalue weighted by atomic mass is 35.5. The van der Waals surface area contributed by atoms with Gasteiger partial charge in [-0.25, -0.2) is 0 Å². The molecule has 2 N–H and O–H groups in total. The van der Waals surface area contributed by atoms with Gasteiger partial charge in [0.2, 0.25) is 0 Å². The van der Waals surface area contributed by atoms with Crippen molar-refractivity contribution in [3.8, 4) is 11.5 Å². The molecule has 0 bridgehead atoms. The topological polar surface area (TPSA) is 64.8 Å². The maximum atomic E-state index is 12.4. The predicted octanol–water partition coefficient (Wildman–Crippen LogP) is 3.11. The molecule has 0 aliphatic rings. The molecular weight excluding hydrogens is 316 g/mol. The monoisotopic (exact) mass is 344 g/mol. The minimum Gasteiger partial charge on any atom is -0.490 e. The van der Waals surface area contributed by atoms with Crippen molar-refractivity contribution in [2.45, 2.75) is 39.7 Å². The number of hydrogen-bond acceptors (Lipinski definition) is 4. The fourth-order valence-corrected chi connectivity index (χ4v) is 1.92. The van der Waals surface area contributed by atoms with Crippen LogP contribution < -0.4 is 15.2 Å². The molecule has 0 aromatic heterocycles. The third-order valence-corrected chi connectivity index (χ3v) is 3.57. The second kappa shape index (κ2) is 11.1. The SMILES string of the molecule is CCCCOc1ccc(C(=O)N(C)C(C)CN)cc1OCC.Cl. The summed E-state index contributed by atoms with van der Waals surface area (Å²) < 4.78 is 11.3. The number of benzene rings is 1. The number of nitrogens with two attached hydrogens (primary N) is 1. The van der Waals surface area contributed by atoms with E-state index in [1.54, 1.807) is 30.1 Å². The number of amides is 1. The molecule has 0 aliphatic heterocycles. The lowest BCUT2D eigenvalue weighted by Gasteiger charge is -2.24. The predicted molar refractivity (Wildman–Crippen MR) is 95.9 cm³/mol. The van der Waals surface area contributed by atoms with Gasteiger partial charge in [-0.2, -0.15) is 0 Å². The summed E-state index contributed by atoms with van der Waals surface area (Å²) in [6, 6.07) is 5.30. The van der Waals surface area contributed by atoms with Crippen LogP contribution in [0.3, 0.4) is 0 Å². The van der Waals surface area contributed by atoms with Gasteiger partial charge in [-0.1, -0.05) is 13.3 Å². The Bertz CT molecular complexity index is 483. The summed E-state index contributed by atoms with van der Waals surface area (Å²) in [5, 5.41) is 0. The average molecular weight is 345 g/mol. The molecule has 0 saturated heterocycles. The van der Waals surface area contributed by atoms with E-state index >= 15 is 0 Å². The lowest BCUT2D eigenvalue weighted by atomic mass is 10.1. The van der Waals surface area contributed by atoms with Crippen LogP contribution in [0.25, 0.3) is 0 Å². The summed E-state index contributed by atoms with van der Waals surface area (Å²) in [6.07, 6.45) is 2.06. The summed E-state index contributed by atoms with van der Waals surface area (Å²) in [4.78, 5) is 14.1. The van der Waals surface area contributed by atoms with E-state index in [0.717, 1.165) is 12.8 Å². The molecule has 1 atom stereocenters. The van der Waals surface area contributed by atoms with Gasteiger partial charge in [-0.15, -0.1) is 12.4 Å². The highest BCUT2D eigenvalue weighted by Gasteiger charge is 2.18. The van der Waals surface area contributed by atoms with Gasteiger partial charge in [-0.3, -0.25) is 4.79 Å². The van der Waals surface area contributed by atoms with Gasteiger partial charge < -0.3 is 20.1 Å². The minimum atomic E-state index is -0.0704. The molecule has 1 unspecified atom stereocenters. The first-order chi connectivity index (χ1) is 10.5. The molecule has 5 nitrogen and oxygen atoms in total. The summed E-state index contributed by atoms with van der Waals surface area (Å²) in [5.74, 6) is 1.22. The number of halogens is 1. The number of hydrogen-bond donors (Lipinski definition) is 1. The van der Waals surface area contributed by atoms with Crippen molar-refractivity contribution in [3.05, 3.63) is 23.8 Å². The summed E-state index contributed by atoms with van der Waals surface area (Å²) >= 11 is 0. The van der Waals surface area contributed by atoms with Crippen molar-refractivity contribution in [2.75, 3.05) is 26.8 Å². The Labute approximate surface area is 145 Å². The number of carbonyl (C=O) groups excluding carboxylic acids is 1. The maximum absolute atomic E-state index is 12.4. The van der Waals surface area contributed by atoms with E-state index < -0.39 is 0 Å². The fraction of sp³-hybridized carbons (Fsp3) is 0.588. The fourth-order valence-electron chi connectivity index (χ4n) is 1.92. The third kappa shape index (κ3) is 6.28. The zero-order valence-electron chi connectivity index (χ0n) is 14.5. The van der Waals surface area contributed by atoms with Gasteiger partial charge in [0, 0.05) is 25.2 Å². The Morgan fingerprint density at radius 2 is 1.96 bits per heavy atom. The summed E-state index contributed by atoms with van der Waals surface area (Å²) in [5.41, 5.74) is 6.20. The molecule has 6 heteroatoms. The highest BCUT2D eigenvalue weighted by Crippen LogP contribution is 2.29. The number of ether oxygens (including phenoxy) is 2. The molecule has 0 heterocycles. The molecule has 0 spiro atoms. The minimum absolute atomic E-state index is 0. The van der Waals surface area contributed by atoms with Crippen LogP contribution in [0.1, 0.15) is 44.0 Å². The second-order valence-corrected chi connectivity index (χ2v) is 5.30. The van der Waals surface area contributed by atoms with Crippen molar-refractivity contribution < 1.29 is 14.3 Å². The standard InChI is InChI=1S/C17H28N2O3.ClH/c1-5-7-10-22-15-9-8-14(11-16(15)21-6-2)17(20)19(4)13(3)12-18;/h8-9,11,13H,5-7,10,12,18H2,1-4H3;1H. The van der Waals surface area contributed by atoms with Crippen molar-refractivity contribution in [2.24, 2.45) is 5.73 Å². The molecule has 1 amide bonds. The van der Waals surface area contributed by atoms with Gasteiger partial charge in [0.05, 0.1) is 13.2 Å². The first-order valence-electron chi connectivity index (χ1n) is 7.91. The number of likely N-dealkylation sites (N-methyl/N-ethyl adjacent to an activating group) is 1. The van der Waals surface area contributed by atoms with E-state index in [-0.39, 0.29) is 24.4 Å². The van der Waals surface area contributed by atoms with E-state index in [1.165, 1.54) is 0 Å². The molecule has 0 fully saturated rings. The largest absolute Gasteiger partial charge is 0.490 e. The van der Waals surface area contributed by atoms with Crippen LogP contribution in [0, 0.1) is 0 Å². The van der Waals surface area contributed by atoms with Crippen molar-refractivity contribution in [3.63, 3.8) is 0 Å². The number of unbranched alkanes of at least 4 members (excludes halogenated alkanes) is 1. The van der Waals surface area contributed by atoms with Gasteiger partial charge in [0.1, 0.15) is 0 Å². The molecule has 1 aromatic carbocycles. The second-order valence-electron chi connectivity index (χ2n) is 5.30. The maximum Gasteiger partial charge on any atom is 0.254 e. The Balaban J connectivity index is 0.00000484. The van der Waals surface area contributed by atoms with Crippen LogP contribution in [0.4, 0.5) is 0 Å². The lowest BCUT2D eigenvalue weighted by molar-refractivity contribution is 0.0748. The first-order valence-corrected chi connectivity index (χ1v) is 7.91. The molecule has 0 radical (unpaired) electrons. The number of rotatable bonds is 9. The Morgan fingerprint density at radius 1 is 1.26 bits per heavy atom. The quantitative estimate of drug-likeness (QED) is 0.699. The number of carbonyl (C=O) groups is 1. The molecular formula is C17H29ClN2O3. The van der Waals surface area contributed by atoms with E-state index in [0.29, 0.717) is 36.8 Å². The van der Waals surface area contributed by atoms with E-state index in [2.05, 4.69) is 6.92 Å². The summed E-state index contributed by atoms with van der Waals surface area (Å²) in [7, 11) is 1.76. The van der Waals surface area contributed by atoms with E-state index in [9.17, 15) is 4.79 Å². The van der Waals surface area contributed by atoms with E-state index in [1.807, 2.05) is 13.8 Å². The van der Waals surface area contributed by atoms with E-state index in [4.69, 9.17) is 15.2 Å². The van der Waals surface area contributed by atoms with Gasteiger partial charge in [0.25, 0.3) is 5.91 Å². The molecule has 1 aromatic rings. The lowest BCUT2D eigenvalue weighted by Crippen LogP contribution is -2.39. The van der Waals surface area contributed by atoms with Crippen molar-refractivity contribution in [1.29, 1.82) is 0 Å². The summed E-state index contributed by atoms with van der Waals surface area (Å²) in [6.45, 7) is 7.54. The van der Waals surface area contributed by atoms with Crippen molar-refractivity contribution >= 4 is 18.3 Å². The molecule has 23 heavy (non-hydrogen) atoms. The van der Waals surface area contributed by atoms with Crippen LogP contribution >= 0.6 is 12.4 Å². The smallest absolute Gasteiger partial charge is 0.254 e. The van der Waals surface area contributed by atoms with Crippen LogP contribution in [-0.4, -0.2) is 43.7 Å². The molecule has 132 valence electrons. The molecule has 0 aliphatic carbocycles. The zero-order chi connectivity index (χ0) is 16.5.